The van der Waals surface area contributed by atoms with Crippen molar-refractivity contribution in [3.05, 3.63) is 57.2 Å². The molecule has 0 radical (unpaired) electrons. The van der Waals surface area contributed by atoms with Crippen LogP contribution in [0, 0.1) is 6.92 Å². The number of thiophene rings is 1. The summed E-state index contributed by atoms with van der Waals surface area (Å²) in [6.07, 6.45) is 0. The highest BCUT2D eigenvalue weighted by atomic mass is 32.2. The molecular formula is C18H19N3O3S3. The van der Waals surface area contributed by atoms with E-state index < -0.39 is 10.0 Å². The first-order chi connectivity index (χ1) is 12.7. The summed E-state index contributed by atoms with van der Waals surface area (Å²) in [5.74, 6) is -0.116. The van der Waals surface area contributed by atoms with E-state index in [2.05, 4.69) is 4.98 Å². The van der Waals surface area contributed by atoms with Gasteiger partial charge in [0, 0.05) is 18.0 Å². The van der Waals surface area contributed by atoms with Gasteiger partial charge in [-0.1, -0.05) is 12.1 Å². The maximum Gasteiger partial charge on any atom is 0.266 e. The summed E-state index contributed by atoms with van der Waals surface area (Å²) in [5, 5.41) is 9.94. The number of thiazole rings is 1. The summed E-state index contributed by atoms with van der Waals surface area (Å²) < 4.78 is 22.8. The van der Waals surface area contributed by atoms with Gasteiger partial charge in [-0.2, -0.15) is 11.3 Å². The molecule has 0 aliphatic rings. The molecule has 27 heavy (non-hydrogen) atoms. The first-order valence-corrected chi connectivity index (χ1v) is 11.4. The number of sulfonamides is 1. The summed E-state index contributed by atoms with van der Waals surface area (Å²) in [7, 11) is -2.01. The van der Waals surface area contributed by atoms with Crippen LogP contribution in [0.25, 0.3) is 10.6 Å². The zero-order chi connectivity index (χ0) is 19.8. The number of rotatable bonds is 5. The van der Waals surface area contributed by atoms with Gasteiger partial charge in [0.25, 0.3) is 5.91 Å². The second-order valence-electron chi connectivity index (χ2n) is 6.15. The number of nitrogens with zero attached hydrogens (tertiary/aromatic N) is 2. The Morgan fingerprint density at radius 3 is 2.44 bits per heavy atom. The minimum Gasteiger partial charge on any atom is -0.334 e. The van der Waals surface area contributed by atoms with Crippen LogP contribution in [0.2, 0.25) is 0 Å². The van der Waals surface area contributed by atoms with E-state index in [9.17, 15) is 13.2 Å². The topological polar surface area (TPSA) is 93.4 Å². The number of amides is 1. The van der Waals surface area contributed by atoms with Crippen molar-refractivity contribution in [1.82, 2.24) is 9.88 Å². The predicted octanol–water partition coefficient (Wildman–Crippen LogP) is 3.66. The Morgan fingerprint density at radius 1 is 1.22 bits per heavy atom. The summed E-state index contributed by atoms with van der Waals surface area (Å²) in [6, 6.07) is 7.99. The second kappa shape index (κ2) is 7.51. The van der Waals surface area contributed by atoms with E-state index in [0.717, 1.165) is 16.1 Å². The highest BCUT2D eigenvalue weighted by molar-refractivity contribution is 7.89. The minimum atomic E-state index is -3.74. The molecule has 2 aromatic heterocycles. The molecule has 0 aliphatic heterocycles. The smallest absolute Gasteiger partial charge is 0.266 e. The molecule has 1 aromatic carbocycles. The number of nitrogens with two attached hydrogens (primary N) is 1. The Balaban J connectivity index is 1.83. The van der Waals surface area contributed by atoms with E-state index in [-0.39, 0.29) is 16.8 Å². The van der Waals surface area contributed by atoms with Gasteiger partial charge in [-0.05, 0) is 43.0 Å². The first kappa shape index (κ1) is 19.7. The zero-order valence-electron chi connectivity index (χ0n) is 15.0. The molecule has 1 amide bonds. The summed E-state index contributed by atoms with van der Waals surface area (Å²) in [6.45, 7) is 3.72. The third kappa shape index (κ3) is 4.11. The van der Waals surface area contributed by atoms with Gasteiger partial charge >= 0.3 is 0 Å². The number of carbonyl (C=O) groups excluding carboxylic acids is 1. The number of aromatic nitrogens is 1. The highest BCUT2D eigenvalue weighted by Gasteiger charge is 2.24. The van der Waals surface area contributed by atoms with Crippen LogP contribution in [-0.2, 0) is 10.0 Å². The molecule has 0 saturated carbocycles. The van der Waals surface area contributed by atoms with E-state index in [1.807, 2.05) is 30.7 Å². The Labute approximate surface area is 166 Å². The molecule has 0 fully saturated rings. The fraction of sp³-hybridized carbons (Fsp3) is 0.222. The molecule has 3 aromatic rings. The average molecular weight is 422 g/mol. The van der Waals surface area contributed by atoms with Crippen molar-refractivity contribution in [3.63, 3.8) is 0 Å². The SMILES string of the molecule is Cc1nc(-c2ccsc2)sc1C(=O)N(C)C(C)c1ccc(S(N)(=O)=O)cc1. The van der Waals surface area contributed by atoms with E-state index in [0.29, 0.717) is 10.6 Å². The van der Waals surface area contributed by atoms with Crippen LogP contribution in [0.4, 0.5) is 0 Å². The van der Waals surface area contributed by atoms with Crippen LogP contribution >= 0.6 is 22.7 Å². The number of hydrogen-bond acceptors (Lipinski definition) is 6. The average Bonchev–Trinajstić information content (AvgIpc) is 3.28. The van der Waals surface area contributed by atoms with Gasteiger partial charge in [0.05, 0.1) is 16.6 Å². The Hall–Kier alpha value is -2.07. The number of carbonyl (C=O) groups is 1. The molecule has 0 spiro atoms. The van der Waals surface area contributed by atoms with Gasteiger partial charge in [0.2, 0.25) is 10.0 Å². The lowest BCUT2D eigenvalue weighted by Crippen LogP contribution is -2.29. The van der Waals surface area contributed by atoms with Crippen LogP contribution in [0.15, 0.2) is 46.0 Å². The standard InChI is InChI=1S/C18H19N3O3S3/c1-11-16(26-17(20-11)14-8-9-25-10-14)18(22)21(3)12(2)13-4-6-15(7-5-13)27(19,23)24/h4-10,12H,1-3H3,(H2,19,23,24). The normalized spacial score (nSPS) is 12.7. The molecule has 142 valence electrons. The molecule has 9 heteroatoms. The molecule has 3 rings (SSSR count). The summed E-state index contributed by atoms with van der Waals surface area (Å²) in [5.41, 5.74) is 2.54. The van der Waals surface area contributed by atoms with Gasteiger partial charge in [0.1, 0.15) is 9.88 Å². The first-order valence-electron chi connectivity index (χ1n) is 8.08. The third-order valence-corrected chi connectivity index (χ3v) is 7.16. The lowest BCUT2D eigenvalue weighted by Gasteiger charge is -2.25. The summed E-state index contributed by atoms with van der Waals surface area (Å²) >= 11 is 2.97. The minimum absolute atomic E-state index is 0.0473. The molecular weight excluding hydrogens is 402 g/mol. The molecule has 2 heterocycles. The molecule has 1 unspecified atom stereocenters. The van der Waals surface area contributed by atoms with Gasteiger partial charge in [-0.3, -0.25) is 4.79 Å². The zero-order valence-corrected chi connectivity index (χ0v) is 17.5. The number of primary sulfonamides is 1. The molecule has 1 atom stereocenters. The van der Waals surface area contributed by atoms with Gasteiger partial charge in [-0.15, -0.1) is 11.3 Å². The van der Waals surface area contributed by atoms with Crippen molar-refractivity contribution in [1.29, 1.82) is 0 Å². The fourth-order valence-electron chi connectivity index (χ4n) is 2.60. The molecule has 0 saturated heterocycles. The van der Waals surface area contributed by atoms with Crippen molar-refractivity contribution in [2.24, 2.45) is 5.14 Å². The number of aryl methyl sites for hydroxylation is 1. The Bertz CT molecular complexity index is 1060. The van der Waals surface area contributed by atoms with E-state index in [4.69, 9.17) is 5.14 Å². The van der Waals surface area contributed by atoms with Crippen LogP contribution in [0.5, 0.6) is 0 Å². The summed E-state index contributed by atoms with van der Waals surface area (Å²) in [4.78, 5) is 19.8. The van der Waals surface area contributed by atoms with Gasteiger partial charge < -0.3 is 4.90 Å². The third-order valence-electron chi connectivity index (χ3n) is 4.35. The van der Waals surface area contributed by atoms with E-state index >= 15 is 0 Å². The van der Waals surface area contributed by atoms with E-state index in [1.165, 1.54) is 23.5 Å². The van der Waals surface area contributed by atoms with Crippen molar-refractivity contribution in [3.8, 4) is 10.6 Å². The van der Waals surface area contributed by atoms with Crippen LogP contribution in [-0.4, -0.2) is 31.3 Å². The van der Waals surface area contributed by atoms with Crippen LogP contribution < -0.4 is 5.14 Å². The molecule has 6 nitrogen and oxygen atoms in total. The predicted molar refractivity (Wildman–Crippen MR) is 108 cm³/mol. The quantitative estimate of drug-likeness (QED) is 0.680. The molecule has 0 aliphatic carbocycles. The van der Waals surface area contributed by atoms with Crippen LogP contribution in [0.3, 0.4) is 0 Å². The largest absolute Gasteiger partial charge is 0.334 e. The van der Waals surface area contributed by atoms with Crippen molar-refractivity contribution >= 4 is 38.6 Å². The van der Waals surface area contributed by atoms with Crippen molar-refractivity contribution in [2.45, 2.75) is 24.8 Å². The van der Waals surface area contributed by atoms with Crippen LogP contribution in [0.1, 0.15) is 33.9 Å². The van der Waals surface area contributed by atoms with E-state index in [1.54, 1.807) is 35.4 Å². The maximum atomic E-state index is 13.0. The highest BCUT2D eigenvalue weighted by Crippen LogP contribution is 2.31. The van der Waals surface area contributed by atoms with Gasteiger partial charge in [0.15, 0.2) is 0 Å². The fourth-order valence-corrected chi connectivity index (χ4v) is 4.88. The lowest BCUT2D eigenvalue weighted by molar-refractivity contribution is 0.0746. The number of hydrogen-bond donors (Lipinski definition) is 1. The second-order valence-corrected chi connectivity index (χ2v) is 9.49. The molecule has 0 bridgehead atoms. The van der Waals surface area contributed by atoms with Crippen molar-refractivity contribution < 1.29 is 13.2 Å². The Kier molecular flexibility index (Phi) is 5.48. The maximum absolute atomic E-state index is 13.0. The lowest BCUT2D eigenvalue weighted by atomic mass is 10.1. The Morgan fingerprint density at radius 2 is 1.89 bits per heavy atom. The van der Waals surface area contributed by atoms with Gasteiger partial charge in [-0.25, -0.2) is 18.5 Å². The molecule has 2 N–H and O–H groups in total. The monoisotopic (exact) mass is 421 g/mol. The van der Waals surface area contributed by atoms with Crippen molar-refractivity contribution in [2.75, 3.05) is 7.05 Å². The number of benzene rings is 1.